The van der Waals surface area contributed by atoms with Gasteiger partial charge in [-0.3, -0.25) is 4.98 Å². The van der Waals surface area contributed by atoms with E-state index in [2.05, 4.69) is 91.4 Å². The number of hydrogen-bond acceptors (Lipinski definition) is 2. The molecule has 0 fully saturated rings. The maximum atomic E-state index is 4.92. The number of pyridine rings is 2. The van der Waals surface area contributed by atoms with Gasteiger partial charge in [-0.15, -0.1) is 0 Å². The van der Waals surface area contributed by atoms with Crippen molar-refractivity contribution in [2.75, 3.05) is 0 Å². The molecule has 0 saturated carbocycles. The first kappa shape index (κ1) is 15.9. The van der Waals surface area contributed by atoms with Crippen LogP contribution in [-0.4, -0.2) is 9.97 Å². The van der Waals surface area contributed by atoms with E-state index in [9.17, 15) is 0 Å². The van der Waals surface area contributed by atoms with E-state index in [4.69, 9.17) is 4.98 Å². The molecule has 5 rings (SSSR count). The lowest BCUT2D eigenvalue weighted by atomic mass is 9.95. The molecule has 0 unspecified atom stereocenters. The Hall–Kier alpha value is -2.30. The van der Waals surface area contributed by atoms with Crippen LogP contribution in [0.4, 0.5) is 0 Å². The minimum absolute atomic E-state index is 0.936. The Bertz CT molecular complexity index is 1310. The average molecular weight is 464 g/mol. The molecular weight excluding hydrogens is 452 g/mol. The lowest BCUT2D eigenvalue weighted by Crippen LogP contribution is -1.92. The highest BCUT2D eigenvalue weighted by Crippen LogP contribution is 2.39. The Morgan fingerprint density at radius 2 is 1.50 bits per heavy atom. The zero-order valence-corrected chi connectivity index (χ0v) is 16.8. The van der Waals surface area contributed by atoms with Crippen LogP contribution in [0.1, 0.15) is 0 Å². The Labute approximate surface area is 167 Å². The van der Waals surface area contributed by atoms with Crippen LogP contribution in [-0.2, 0) is 0 Å². The van der Waals surface area contributed by atoms with Crippen molar-refractivity contribution in [2.45, 2.75) is 0 Å². The summed E-state index contributed by atoms with van der Waals surface area (Å²) in [6.07, 6.45) is 1.83. The van der Waals surface area contributed by atoms with Crippen molar-refractivity contribution in [2.24, 2.45) is 0 Å². The number of nitrogens with zero attached hydrogens (tertiary/aromatic N) is 2. The Kier molecular flexibility index (Phi) is 3.76. The highest BCUT2D eigenvalue weighted by molar-refractivity contribution is 9.10. The molecule has 26 heavy (non-hydrogen) atoms. The molecule has 0 atom stereocenters. The Morgan fingerprint density at radius 3 is 2.38 bits per heavy atom. The standard InChI is InChI=1S/C22H12Br2N2/c23-14-6-8-18-17(11-14)22(20-12-15(24)9-10-25-20)21-16-4-2-1-3-13(16)5-7-19(21)26-18/h1-12H. The molecule has 0 bridgehead atoms. The van der Waals surface area contributed by atoms with Crippen LogP contribution in [0.25, 0.3) is 43.8 Å². The summed E-state index contributed by atoms with van der Waals surface area (Å²) in [5.41, 5.74) is 4.00. The van der Waals surface area contributed by atoms with Crippen LogP contribution in [0.3, 0.4) is 0 Å². The average Bonchev–Trinajstić information content (AvgIpc) is 2.66. The molecule has 2 heterocycles. The summed E-state index contributed by atoms with van der Waals surface area (Å²) in [5, 5.41) is 4.62. The number of hydrogen-bond donors (Lipinski definition) is 0. The molecule has 3 aromatic carbocycles. The largest absolute Gasteiger partial charge is 0.256 e. The molecule has 0 spiro atoms. The van der Waals surface area contributed by atoms with Crippen molar-refractivity contribution >= 4 is 64.4 Å². The van der Waals surface area contributed by atoms with Crippen LogP contribution < -0.4 is 0 Å². The molecule has 2 aromatic heterocycles. The lowest BCUT2D eigenvalue weighted by Gasteiger charge is -2.13. The van der Waals surface area contributed by atoms with Gasteiger partial charge in [-0.1, -0.05) is 62.2 Å². The van der Waals surface area contributed by atoms with Crippen LogP contribution in [0.5, 0.6) is 0 Å². The molecule has 0 amide bonds. The first-order valence-electron chi connectivity index (χ1n) is 8.23. The third-order valence-corrected chi connectivity index (χ3v) is 5.59. The molecule has 0 radical (unpaired) electrons. The minimum atomic E-state index is 0.936. The third kappa shape index (κ3) is 2.52. The first-order chi connectivity index (χ1) is 12.7. The molecule has 0 N–H and O–H groups in total. The van der Waals surface area contributed by atoms with Crippen LogP contribution >= 0.6 is 31.9 Å². The number of halogens is 2. The number of rotatable bonds is 1. The molecule has 0 aliphatic rings. The van der Waals surface area contributed by atoms with Gasteiger partial charge in [0, 0.05) is 31.5 Å². The van der Waals surface area contributed by atoms with E-state index >= 15 is 0 Å². The van der Waals surface area contributed by atoms with E-state index in [1.165, 1.54) is 10.8 Å². The summed E-state index contributed by atoms with van der Waals surface area (Å²) in [7, 11) is 0. The fourth-order valence-electron chi connectivity index (χ4n) is 3.49. The van der Waals surface area contributed by atoms with Crippen molar-refractivity contribution in [1.29, 1.82) is 0 Å². The molecule has 0 saturated heterocycles. The quantitative estimate of drug-likeness (QED) is 0.195. The van der Waals surface area contributed by atoms with Gasteiger partial charge in [0.2, 0.25) is 0 Å². The summed E-state index contributed by atoms with van der Waals surface area (Å²) < 4.78 is 2.04. The summed E-state index contributed by atoms with van der Waals surface area (Å²) in [6.45, 7) is 0. The first-order valence-corrected chi connectivity index (χ1v) is 9.82. The second-order valence-electron chi connectivity index (χ2n) is 6.19. The summed E-state index contributed by atoms with van der Waals surface area (Å²) in [6, 6.07) is 22.9. The van der Waals surface area contributed by atoms with Gasteiger partial charge < -0.3 is 0 Å². The van der Waals surface area contributed by atoms with E-state index in [-0.39, 0.29) is 0 Å². The number of aromatic nitrogens is 2. The summed E-state index contributed by atoms with van der Waals surface area (Å²) in [5.74, 6) is 0. The molecule has 5 aromatic rings. The molecule has 0 aliphatic heterocycles. The fraction of sp³-hybridized carbons (Fsp3) is 0. The van der Waals surface area contributed by atoms with E-state index in [0.717, 1.165) is 42.0 Å². The molecular formula is C22H12Br2N2. The van der Waals surface area contributed by atoms with Gasteiger partial charge in [0.1, 0.15) is 0 Å². The zero-order chi connectivity index (χ0) is 17.7. The molecule has 4 heteroatoms. The lowest BCUT2D eigenvalue weighted by molar-refractivity contribution is 1.32. The summed E-state index contributed by atoms with van der Waals surface area (Å²) >= 11 is 7.20. The smallest absolute Gasteiger partial charge is 0.0727 e. The van der Waals surface area contributed by atoms with Crippen molar-refractivity contribution in [3.63, 3.8) is 0 Å². The SMILES string of the molecule is Brc1ccnc(-c2c3cc(Br)ccc3nc3ccc4ccccc4c23)c1. The van der Waals surface area contributed by atoms with Crippen molar-refractivity contribution in [3.8, 4) is 11.3 Å². The van der Waals surface area contributed by atoms with Gasteiger partial charge in [0.25, 0.3) is 0 Å². The highest BCUT2D eigenvalue weighted by Gasteiger charge is 2.15. The predicted octanol–water partition coefficient (Wildman–Crippen LogP) is 7.13. The monoisotopic (exact) mass is 462 g/mol. The Morgan fingerprint density at radius 1 is 0.692 bits per heavy atom. The molecule has 2 nitrogen and oxygen atoms in total. The van der Waals surface area contributed by atoms with Gasteiger partial charge in [-0.25, -0.2) is 4.98 Å². The van der Waals surface area contributed by atoms with Gasteiger partial charge in [-0.05, 0) is 47.2 Å². The maximum absolute atomic E-state index is 4.92. The zero-order valence-electron chi connectivity index (χ0n) is 13.6. The molecule has 0 aliphatic carbocycles. The fourth-order valence-corrected chi connectivity index (χ4v) is 4.19. The van der Waals surface area contributed by atoms with Crippen LogP contribution in [0, 0.1) is 0 Å². The number of benzene rings is 3. The van der Waals surface area contributed by atoms with Gasteiger partial charge in [-0.2, -0.15) is 0 Å². The minimum Gasteiger partial charge on any atom is -0.256 e. The van der Waals surface area contributed by atoms with Crippen LogP contribution in [0.2, 0.25) is 0 Å². The normalized spacial score (nSPS) is 11.5. The highest BCUT2D eigenvalue weighted by atomic mass is 79.9. The molecule has 124 valence electrons. The second kappa shape index (κ2) is 6.15. The maximum Gasteiger partial charge on any atom is 0.0727 e. The van der Waals surface area contributed by atoms with Gasteiger partial charge in [0.05, 0.1) is 16.7 Å². The topological polar surface area (TPSA) is 25.8 Å². The van der Waals surface area contributed by atoms with E-state index in [1.54, 1.807) is 0 Å². The van der Waals surface area contributed by atoms with E-state index in [1.807, 2.05) is 18.3 Å². The van der Waals surface area contributed by atoms with Crippen molar-refractivity contribution < 1.29 is 0 Å². The van der Waals surface area contributed by atoms with E-state index < -0.39 is 0 Å². The van der Waals surface area contributed by atoms with Crippen LogP contribution in [0.15, 0.2) is 81.9 Å². The number of fused-ring (bicyclic) bond motifs is 4. The van der Waals surface area contributed by atoms with Gasteiger partial charge >= 0.3 is 0 Å². The van der Waals surface area contributed by atoms with Crippen molar-refractivity contribution in [3.05, 3.63) is 81.9 Å². The third-order valence-electron chi connectivity index (χ3n) is 4.60. The van der Waals surface area contributed by atoms with Crippen molar-refractivity contribution in [1.82, 2.24) is 9.97 Å². The van der Waals surface area contributed by atoms with E-state index in [0.29, 0.717) is 0 Å². The summed E-state index contributed by atoms with van der Waals surface area (Å²) in [4.78, 5) is 9.59. The second-order valence-corrected chi connectivity index (χ2v) is 8.02. The Balaban J connectivity index is 2.08. The van der Waals surface area contributed by atoms with Gasteiger partial charge in [0.15, 0.2) is 0 Å². The predicted molar refractivity (Wildman–Crippen MR) is 115 cm³/mol.